The minimum Gasteiger partial charge on any atom is -0.444 e. The summed E-state index contributed by atoms with van der Waals surface area (Å²) in [7, 11) is 3.38. The third-order valence-electron chi connectivity index (χ3n) is 3.61. The summed E-state index contributed by atoms with van der Waals surface area (Å²) in [6.45, 7) is 0.236. The Morgan fingerprint density at radius 3 is 3.00 bits per heavy atom. The molecule has 1 atom stereocenters. The molecule has 1 unspecified atom stereocenters. The van der Waals surface area contributed by atoms with Crippen LogP contribution in [0.5, 0.6) is 0 Å². The Labute approximate surface area is 145 Å². The normalized spacial score (nSPS) is 17.6. The molecular weight excluding hydrogens is 349 g/mol. The third kappa shape index (κ3) is 3.32. The summed E-state index contributed by atoms with van der Waals surface area (Å²) >= 11 is 1.27. The molecule has 1 aromatic carbocycles. The Morgan fingerprint density at radius 1 is 1.56 bits per heavy atom. The van der Waals surface area contributed by atoms with Crippen molar-refractivity contribution in [2.24, 2.45) is 17.2 Å². The molecule has 2 heterocycles. The Morgan fingerprint density at radius 2 is 2.36 bits per heavy atom. The van der Waals surface area contributed by atoms with Crippen LogP contribution in [0.3, 0.4) is 0 Å². The van der Waals surface area contributed by atoms with Crippen molar-refractivity contribution in [2.45, 2.75) is 6.10 Å². The van der Waals surface area contributed by atoms with Crippen LogP contribution in [-0.2, 0) is 11.8 Å². The van der Waals surface area contributed by atoms with E-state index in [9.17, 15) is 9.18 Å². The number of halogens is 1. The lowest BCUT2D eigenvalue weighted by molar-refractivity contribution is 0.145. The molecule has 25 heavy (non-hydrogen) atoms. The zero-order chi connectivity index (χ0) is 18.0. The van der Waals surface area contributed by atoms with E-state index in [-0.39, 0.29) is 13.1 Å². The van der Waals surface area contributed by atoms with Gasteiger partial charge in [0.2, 0.25) is 4.80 Å². The minimum absolute atomic E-state index is 0.0399. The number of hydrogen-bond donors (Lipinski definition) is 0. The number of ether oxygens (including phenoxy) is 1. The van der Waals surface area contributed by atoms with E-state index < -0.39 is 18.0 Å². The van der Waals surface area contributed by atoms with Crippen molar-refractivity contribution in [1.29, 1.82) is 0 Å². The summed E-state index contributed by atoms with van der Waals surface area (Å²) in [6, 6.07) is 4.45. The van der Waals surface area contributed by atoms with E-state index in [0.717, 1.165) is 0 Å². The fraction of sp³-hybridized carbons (Fsp3) is 0.357. The molecule has 0 spiro atoms. The Bertz CT molecular complexity index is 932. The lowest BCUT2D eigenvalue weighted by Crippen LogP contribution is -2.25. The SMILES string of the molecule is CN=c1sc(-c2ccc(N3CC(CN=[N+]=[N-])OC3=O)cc2F)nn1C. The summed E-state index contributed by atoms with van der Waals surface area (Å²) < 4.78 is 21.2. The van der Waals surface area contributed by atoms with Crippen molar-refractivity contribution in [2.75, 3.05) is 25.0 Å². The lowest BCUT2D eigenvalue weighted by atomic mass is 10.2. The van der Waals surface area contributed by atoms with Gasteiger partial charge in [0.1, 0.15) is 16.9 Å². The number of nitrogens with zero attached hydrogens (tertiary/aromatic N) is 7. The summed E-state index contributed by atoms with van der Waals surface area (Å²) in [4.78, 5) is 20.6. The lowest BCUT2D eigenvalue weighted by Gasteiger charge is -2.13. The van der Waals surface area contributed by atoms with Crippen molar-refractivity contribution < 1.29 is 13.9 Å². The van der Waals surface area contributed by atoms with Gasteiger partial charge in [-0.2, -0.15) is 5.10 Å². The van der Waals surface area contributed by atoms with E-state index in [1.165, 1.54) is 22.3 Å². The average molecular weight is 363 g/mol. The van der Waals surface area contributed by atoms with Crippen LogP contribution < -0.4 is 9.70 Å². The molecule has 130 valence electrons. The molecule has 0 radical (unpaired) electrons. The van der Waals surface area contributed by atoms with Crippen molar-refractivity contribution in [3.05, 3.63) is 39.3 Å². The predicted molar refractivity (Wildman–Crippen MR) is 89.6 cm³/mol. The van der Waals surface area contributed by atoms with Crippen LogP contribution in [-0.4, -0.2) is 42.1 Å². The first kappa shape index (κ1) is 16.9. The topological polar surface area (TPSA) is 108 Å². The number of aryl methyl sites for hydroxylation is 1. The molecule has 1 aliphatic rings. The number of carbonyl (C=O) groups is 1. The van der Waals surface area contributed by atoms with Gasteiger partial charge in [0.05, 0.1) is 18.8 Å². The molecule has 1 aromatic heterocycles. The summed E-state index contributed by atoms with van der Waals surface area (Å²) in [5, 5.41) is 8.14. The summed E-state index contributed by atoms with van der Waals surface area (Å²) in [6.07, 6.45) is -1.14. The highest BCUT2D eigenvalue weighted by Gasteiger charge is 2.32. The molecule has 11 heteroatoms. The second-order valence-electron chi connectivity index (χ2n) is 5.23. The molecule has 9 nitrogen and oxygen atoms in total. The maximum absolute atomic E-state index is 14.5. The highest BCUT2D eigenvalue weighted by atomic mass is 32.1. The van der Waals surface area contributed by atoms with Crippen LogP contribution in [0, 0.1) is 5.82 Å². The standard InChI is InChI=1S/C14H14FN7O2S/c1-17-13-21(2)19-12(25-13)10-4-3-8(5-11(10)15)22-7-9(6-18-20-16)24-14(22)23/h3-5,9H,6-7H2,1-2H3. The van der Waals surface area contributed by atoms with Crippen LogP contribution in [0.25, 0.3) is 21.0 Å². The number of hydrogen-bond acceptors (Lipinski definition) is 6. The van der Waals surface area contributed by atoms with Gasteiger partial charge in [-0.25, -0.2) is 13.9 Å². The molecule has 3 rings (SSSR count). The zero-order valence-corrected chi connectivity index (χ0v) is 14.3. The third-order valence-corrected chi connectivity index (χ3v) is 4.74. The van der Waals surface area contributed by atoms with Gasteiger partial charge in [-0.05, 0) is 23.7 Å². The first-order valence-electron chi connectivity index (χ1n) is 7.29. The molecule has 1 fully saturated rings. The van der Waals surface area contributed by atoms with Crippen LogP contribution in [0.1, 0.15) is 0 Å². The summed E-state index contributed by atoms with van der Waals surface area (Å²) in [5.41, 5.74) is 9.03. The molecule has 0 bridgehead atoms. The Balaban J connectivity index is 1.87. The number of anilines is 1. The number of amides is 1. The number of azide groups is 1. The van der Waals surface area contributed by atoms with Crippen LogP contribution >= 0.6 is 11.3 Å². The van der Waals surface area contributed by atoms with E-state index in [1.807, 2.05) is 0 Å². The van der Waals surface area contributed by atoms with Gasteiger partial charge in [-0.1, -0.05) is 16.5 Å². The van der Waals surface area contributed by atoms with E-state index in [4.69, 9.17) is 10.3 Å². The minimum atomic E-state index is -0.599. The first-order chi connectivity index (χ1) is 12.0. The largest absolute Gasteiger partial charge is 0.444 e. The van der Waals surface area contributed by atoms with Crippen LogP contribution in [0.15, 0.2) is 28.3 Å². The average Bonchev–Trinajstić information content (AvgIpc) is 3.15. The van der Waals surface area contributed by atoms with Gasteiger partial charge >= 0.3 is 6.09 Å². The van der Waals surface area contributed by atoms with E-state index in [2.05, 4.69) is 20.1 Å². The van der Waals surface area contributed by atoms with E-state index in [0.29, 0.717) is 21.1 Å². The molecule has 0 aliphatic carbocycles. The molecule has 0 saturated carbocycles. The predicted octanol–water partition coefficient (Wildman–Crippen LogP) is 2.45. The molecule has 1 saturated heterocycles. The van der Waals surface area contributed by atoms with Gasteiger partial charge in [-0.15, -0.1) is 0 Å². The Kier molecular flexibility index (Phi) is 4.68. The maximum atomic E-state index is 14.5. The maximum Gasteiger partial charge on any atom is 0.414 e. The van der Waals surface area contributed by atoms with Crippen molar-refractivity contribution in [3.63, 3.8) is 0 Å². The van der Waals surface area contributed by atoms with Gasteiger partial charge < -0.3 is 4.74 Å². The van der Waals surface area contributed by atoms with Crippen molar-refractivity contribution in [3.8, 4) is 10.6 Å². The van der Waals surface area contributed by atoms with Crippen LogP contribution in [0.4, 0.5) is 14.9 Å². The second kappa shape index (κ2) is 6.91. The van der Waals surface area contributed by atoms with Crippen molar-refractivity contribution in [1.82, 2.24) is 9.78 Å². The van der Waals surface area contributed by atoms with E-state index in [1.54, 1.807) is 30.9 Å². The molecule has 2 aromatic rings. The number of cyclic esters (lactones) is 1. The molecular formula is C14H14FN7O2S. The number of carbonyl (C=O) groups excluding carboxylic acids is 1. The van der Waals surface area contributed by atoms with Crippen LogP contribution in [0.2, 0.25) is 0 Å². The molecule has 1 aliphatic heterocycles. The van der Waals surface area contributed by atoms with Gasteiger partial charge in [0.15, 0.2) is 0 Å². The Hall–Kier alpha value is -2.91. The number of benzene rings is 1. The molecule has 1 amide bonds. The van der Waals surface area contributed by atoms with Crippen molar-refractivity contribution >= 4 is 23.1 Å². The quantitative estimate of drug-likeness (QED) is 0.473. The summed E-state index contributed by atoms with van der Waals surface area (Å²) in [5.74, 6) is -0.499. The zero-order valence-electron chi connectivity index (χ0n) is 13.5. The van der Waals surface area contributed by atoms with Gasteiger partial charge in [0, 0.05) is 24.6 Å². The van der Waals surface area contributed by atoms with E-state index >= 15 is 0 Å². The highest BCUT2D eigenvalue weighted by molar-refractivity contribution is 7.12. The highest BCUT2D eigenvalue weighted by Crippen LogP contribution is 2.29. The first-order valence-corrected chi connectivity index (χ1v) is 8.11. The number of aromatic nitrogens is 2. The number of rotatable bonds is 4. The second-order valence-corrected chi connectivity index (χ2v) is 6.19. The fourth-order valence-electron chi connectivity index (χ4n) is 2.45. The van der Waals surface area contributed by atoms with Gasteiger partial charge in [0.25, 0.3) is 0 Å². The van der Waals surface area contributed by atoms with Gasteiger partial charge in [-0.3, -0.25) is 9.89 Å². The fourth-order valence-corrected chi connectivity index (χ4v) is 3.33. The smallest absolute Gasteiger partial charge is 0.414 e. The molecule has 0 N–H and O–H groups in total. The monoisotopic (exact) mass is 363 g/mol.